The first-order valence-corrected chi connectivity index (χ1v) is 28.0. The molecule has 0 bridgehead atoms. The largest absolute Gasteiger partial charge is 0.445 e. The van der Waals surface area contributed by atoms with Gasteiger partial charge in [0.1, 0.15) is 30.8 Å². The zero-order valence-electron chi connectivity index (χ0n) is 43.9. The van der Waals surface area contributed by atoms with Gasteiger partial charge in [-0.25, -0.2) is 4.79 Å². The second-order valence-corrected chi connectivity index (χ2v) is 20.2. The maximum absolute atomic E-state index is 14.4. The summed E-state index contributed by atoms with van der Waals surface area (Å²) in [4.78, 5) is 55.9. The number of ketones is 1. The van der Waals surface area contributed by atoms with E-state index in [9.17, 15) is 34.5 Å². The van der Waals surface area contributed by atoms with Gasteiger partial charge in [0.2, 0.25) is 17.7 Å². The van der Waals surface area contributed by atoms with Crippen LogP contribution in [0.4, 0.5) is 4.79 Å². The Morgan fingerprint density at radius 1 is 0.623 bits per heavy atom. The third-order valence-corrected chi connectivity index (χ3v) is 14.0. The Morgan fingerprint density at radius 3 is 1.48 bits per heavy atom. The van der Waals surface area contributed by atoms with Crippen LogP contribution >= 0.6 is 0 Å². The number of nitrogens with zero attached hydrogens (tertiary/aromatic N) is 1. The molecule has 0 spiro atoms. The van der Waals surface area contributed by atoms with E-state index in [0.717, 1.165) is 50.5 Å². The molecule has 0 saturated carbocycles. The highest BCUT2D eigenvalue weighted by atomic mass is 16.6. The predicted molar refractivity (Wildman–Crippen MR) is 277 cm³/mol. The Labute approximate surface area is 418 Å². The molecule has 1 heterocycles. The molecule has 7 N–H and O–H groups in total. The summed E-state index contributed by atoms with van der Waals surface area (Å²) in [5, 5.41) is 38.0. The van der Waals surface area contributed by atoms with E-state index < -0.39 is 66.6 Å². The Balaban J connectivity index is 2.04. The van der Waals surface area contributed by atoms with Gasteiger partial charge >= 0.3 is 6.09 Å². The number of ether oxygens (including phenoxy) is 2. The molecule has 1 fully saturated rings. The van der Waals surface area contributed by atoms with Crippen molar-refractivity contribution in [2.75, 3.05) is 13.2 Å². The molecule has 13 heteroatoms. The zero-order chi connectivity index (χ0) is 50.5. The molecule has 0 aromatic heterocycles. The number of hydrogen-bond donors (Lipinski definition) is 6. The fourth-order valence-corrected chi connectivity index (χ4v) is 9.58. The summed E-state index contributed by atoms with van der Waals surface area (Å²) in [6.07, 6.45) is 31.3. The summed E-state index contributed by atoms with van der Waals surface area (Å²) < 4.78 is 11.4. The smallest absolute Gasteiger partial charge is 0.408 e. The number of amides is 3. The van der Waals surface area contributed by atoms with Gasteiger partial charge in [-0.15, -0.1) is 0 Å². The van der Waals surface area contributed by atoms with Gasteiger partial charge < -0.3 is 40.3 Å². The summed E-state index contributed by atoms with van der Waals surface area (Å²) in [7, 11) is 0. The Hall–Kier alpha value is -3.10. The van der Waals surface area contributed by atoms with Gasteiger partial charge in [0.05, 0.1) is 18.8 Å². The highest BCUT2D eigenvalue weighted by Crippen LogP contribution is 2.37. The second-order valence-electron chi connectivity index (χ2n) is 20.2. The van der Waals surface area contributed by atoms with Crippen LogP contribution in [0.2, 0.25) is 0 Å². The molecule has 1 aromatic rings. The third kappa shape index (κ3) is 25.7. The van der Waals surface area contributed by atoms with E-state index in [1.54, 1.807) is 12.1 Å². The molecule has 3 amide bonds. The number of aliphatic hydroxyl groups is 3. The highest BCUT2D eigenvalue weighted by Gasteiger charge is 2.59. The van der Waals surface area contributed by atoms with E-state index >= 15 is 0 Å². The maximum atomic E-state index is 14.4. The number of rotatable bonds is 42. The molecule has 2 rings (SSSR count). The number of benzene rings is 1. The first-order valence-electron chi connectivity index (χ1n) is 28.0. The second kappa shape index (κ2) is 38.6. The van der Waals surface area contributed by atoms with E-state index in [1.807, 2.05) is 18.2 Å². The van der Waals surface area contributed by atoms with Crippen molar-refractivity contribution >= 4 is 23.7 Å². The van der Waals surface area contributed by atoms with Crippen molar-refractivity contribution in [2.45, 2.75) is 276 Å². The van der Waals surface area contributed by atoms with Crippen LogP contribution in [0.15, 0.2) is 30.3 Å². The van der Waals surface area contributed by atoms with Gasteiger partial charge in [-0.2, -0.15) is 0 Å². The van der Waals surface area contributed by atoms with Crippen molar-refractivity contribution in [1.82, 2.24) is 15.5 Å². The standard InChI is InChI=1S/C56H100N4O9/c1-5-7-9-11-13-15-17-19-21-23-25-27-29-31-33-38-42-60(49(62)41-37-32-30-28-26-24-22-20-18-16-14-12-10-8-6-2)56(57)50(53(65)52(64)48(43-61)69-56)51(63)45(3)58-54(66)46(4)59-55(67)68-44-47-39-35-34-36-40-47/h34-36,39-40,45-46,48,50,52-53,61,64-65H,5-33,37-38,41-44,57H2,1-4H3,(H,58,66)(H,59,67)/t45-,46-,48-,50-,52-,53-,56+/m1/s1. The average Bonchev–Trinajstić information content (AvgIpc) is 3.34. The Kier molecular flexibility index (Phi) is 34.7. The number of alkyl carbamates (subject to hydrolysis) is 1. The van der Waals surface area contributed by atoms with E-state index in [2.05, 4.69) is 24.5 Å². The third-order valence-electron chi connectivity index (χ3n) is 14.0. The lowest BCUT2D eigenvalue weighted by atomic mass is 9.80. The van der Waals surface area contributed by atoms with Crippen molar-refractivity contribution in [2.24, 2.45) is 11.7 Å². The van der Waals surface area contributed by atoms with Gasteiger partial charge in [-0.1, -0.05) is 230 Å². The molecule has 0 aliphatic carbocycles. The molecule has 1 aromatic carbocycles. The Bertz CT molecular complexity index is 1490. The van der Waals surface area contributed by atoms with Gasteiger partial charge in [0.25, 0.3) is 0 Å². The molecule has 7 atom stereocenters. The summed E-state index contributed by atoms with van der Waals surface area (Å²) in [6.45, 7) is 6.78. The minimum Gasteiger partial charge on any atom is -0.445 e. The molecule has 1 saturated heterocycles. The van der Waals surface area contributed by atoms with E-state index in [0.29, 0.717) is 12.8 Å². The van der Waals surface area contributed by atoms with Gasteiger partial charge in [-0.05, 0) is 32.3 Å². The predicted octanol–water partition coefficient (Wildman–Crippen LogP) is 11.1. The summed E-state index contributed by atoms with van der Waals surface area (Å²) in [6, 6.07) is 6.69. The lowest BCUT2D eigenvalue weighted by molar-refractivity contribution is -0.291. The minimum absolute atomic E-state index is 0.000682. The molecule has 398 valence electrons. The van der Waals surface area contributed by atoms with E-state index in [-0.39, 0.29) is 25.5 Å². The molecule has 13 nitrogen and oxygen atoms in total. The van der Waals surface area contributed by atoms with Crippen LogP contribution in [0.25, 0.3) is 0 Å². The molecule has 0 unspecified atom stereocenters. The van der Waals surface area contributed by atoms with Crippen LogP contribution in [0.1, 0.15) is 239 Å². The topological polar surface area (TPSA) is 201 Å². The lowest BCUT2D eigenvalue weighted by Gasteiger charge is -2.53. The van der Waals surface area contributed by atoms with Crippen LogP contribution in [-0.2, 0) is 30.5 Å². The number of nitrogens with two attached hydrogens (primary N) is 1. The van der Waals surface area contributed by atoms with E-state index in [1.165, 1.54) is 160 Å². The van der Waals surface area contributed by atoms with Crippen LogP contribution in [0.3, 0.4) is 0 Å². The molecular weight excluding hydrogens is 873 g/mol. The average molecular weight is 973 g/mol. The normalized spacial score (nSPS) is 20.0. The summed E-state index contributed by atoms with van der Waals surface area (Å²) >= 11 is 0. The number of nitrogens with one attached hydrogen (secondary N) is 2. The van der Waals surface area contributed by atoms with Crippen molar-refractivity contribution in [1.29, 1.82) is 0 Å². The fourth-order valence-electron chi connectivity index (χ4n) is 9.58. The first-order chi connectivity index (χ1) is 33.4. The SMILES string of the molecule is CCCCCCCCCCCCCCCCCCN(C(=O)CCCCCCCCCCCCCCCCC)[C@]1(N)O[C@H](CO)[C@@H](O)[C@H](O)[C@H]1C(=O)[C@@H](C)NC(=O)[C@@H](C)NC(=O)OCc1ccccc1. The number of aliphatic hydroxyl groups excluding tert-OH is 3. The van der Waals surface area contributed by atoms with Crippen LogP contribution in [0, 0.1) is 5.92 Å². The number of hydrogen-bond acceptors (Lipinski definition) is 10. The monoisotopic (exact) mass is 973 g/mol. The maximum Gasteiger partial charge on any atom is 0.408 e. The molecule has 1 aliphatic heterocycles. The van der Waals surface area contributed by atoms with Crippen molar-refractivity contribution in [3.8, 4) is 0 Å². The van der Waals surface area contributed by atoms with Crippen LogP contribution in [0.5, 0.6) is 0 Å². The lowest BCUT2D eigenvalue weighted by Crippen LogP contribution is -2.76. The van der Waals surface area contributed by atoms with Crippen LogP contribution < -0.4 is 16.4 Å². The molecule has 1 aliphatic rings. The van der Waals surface area contributed by atoms with Crippen molar-refractivity contribution < 1.29 is 44.0 Å². The van der Waals surface area contributed by atoms with Gasteiger partial charge in [-0.3, -0.25) is 20.1 Å². The molecule has 0 radical (unpaired) electrons. The quantitative estimate of drug-likeness (QED) is 0.0270. The Morgan fingerprint density at radius 2 is 1.04 bits per heavy atom. The molecular formula is C56H100N4O9. The van der Waals surface area contributed by atoms with Gasteiger partial charge in [0.15, 0.2) is 5.78 Å². The first kappa shape index (κ1) is 62.0. The number of carbonyl (C=O) groups is 4. The zero-order valence-corrected chi connectivity index (χ0v) is 43.9. The molecule has 69 heavy (non-hydrogen) atoms. The highest BCUT2D eigenvalue weighted by molar-refractivity contribution is 5.94. The number of Topliss-reactive ketones (excluding diaryl/α,β-unsaturated/α-hetero) is 1. The number of unbranched alkanes of at least 4 members (excludes halogenated alkanes) is 29. The summed E-state index contributed by atoms with van der Waals surface area (Å²) in [5.74, 6) is -5.74. The van der Waals surface area contributed by atoms with Crippen molar-refractivity contribution in [3.05, 3.63) is 35.9 Å². The summed E-state index contributed by atoms with van der Waals surface area (Å²) in [5.41, 5.74) is 7.83. The minimum atomic E-state index is -2.24. The van der Waals surface area contributed by atoms with Crippen molar-refractivity contribution in [3.63, 3.8) is 0 Å². The number of carbonyl (C=O) groups excluding carboxylic acids is 4. The fraction of sp³-hybridized carbons (Fsp3) is 0.821. The van der Waals surface area contributed by atoms with E-state index in [4.69, 9.17) is 15.2 Å². The van der Waals surface area contributed by atoms with Gasteiger partial charge in [0, 0.05) is 13.0 Å². The van der Waals surface area contributed by atoms with Crippen LogP contribution in [-0.4, -0.2) is 93.3 Å².